The lowest BCUT2D eigenvalue weighted by Gasteiger charge is -2.08. The Hall–Kier alpha value is -0.570. The van der Waals surface area contributed by atoms with Crippen molar-refractivity contribution >= 4 is 53.0 Å². The molecule has 1 rings (SSSR count). The van der Waals surface area contributed by atoms with E-state index in [1.807, 2.05) is 0 Å². The third-order valence-corrected chi connectivity index (χ3v) is 3.68. The number of nitro groups is 1. The van der Waals surface area contributed by atoms with Crippen LogP contribution in [0.15, 0.2) is 16.6 Å². The normalized spacial score (nSPS) is 11.3. The van der Waals surface area contributed by atoms with E-state index in [2.05, 4.69) is 15.9 Å². The zero-order chi connectivity index (χ0) is 13.9. The van der Waals surface area contributed by atoms with Gasteiger partial charge in [-0.1, -0.05) is 11.6 Å². The van der Waals surface area contributed by atoms with Crippen molar-refractivity contribution < 1.29 is 18.1 Å². The number of ether oxygens (including phenoxy) is 1. The first-order chi connectivity index (χ1) is 8.20. The van der Waals surface area contributed by atoms with Crippen molar-refractivity contribution in [2.75, 3.05) is 12.4 Å². The van der Waals surface area contributed by atoms with Gasteiger partial charge in [0.05, 0.1) is 15.1 Å². The van der Waals surface area contributed by atoms with E-state index in [1.165, 1.54) is 6.07 Å². The van der Waals surface area contributed by atoms with Crippen molar-refractivity contribution in [3.8, 4) is 5.75 Å². The molecule has 0 atom stereocenters. The Bertz CT molecular complexity index is 577. The van der Waals surface area contributed by atoms with Crippen LogP contribution >= 0.6 is 38.2 Å². The third-order valence-electron chi connectivity index (χ3n) is 1.76. The molecule has 0 radical (unpaired) electrons. The zero-order valence-electron chi connectivity index (χ0n) is 8.60. The lowest BCUT2D eigenvalue weighted by Crippen LogP contribution is -2.10. The third kappa shape index (κ3) is 4.60. The van der Waals surface area contributed by atoms with E-state index < -0.39 is 19.7 Å². The lowest BCUT2D eigenvalue weighted by atomic mass is 10.3. The minimum Gasteiger partial charge on any atom is -0.485 e. The molecule has 10 heteroatoms. The molecule has 0 heterocycles. The van der Waals surface area contributed by atoms with E-state index >= 15 is 0 Å². The fraction of sp³-hybridized carbons (Fsp3) is 0.250. The predicted molar refractivity (Wildman–Crippen MR) is 70.9 cm³/mol. The highest BCUT2D eigenvalue weighted by Crippen LogP contribution is 2.37. The Morgan fingerprint density at radius 1 is 1.44 bits per heavy atom. The minimum atomic E-state index is -3.71. The van der Waals surface area contributed by atoms with Crippen molar-refractivity contribution in [1.82, 2.24) is 0 Å². The van der Waals surface area contributed by atoms with Crippen molar-refractivity contribution in [2.45, 2.75) is 0 Å². The molecule has 0 unspecified atom stereocenters. The summed E-state index contributed by atoms with van der Waals surface area (Å²) >= 11 is 8.72. The maximum atomic E-state index is 10.8. The summed E-state index contributed by atoms with van der Waals surface area (Å²) in [5.74, 6) is -0.550. The summed E-state index contributed by atoms with van der Waals surface area (Å²) in [6, 6.07) is 2.51. The van der Waals surface area contributed by atoms with Crippen molar-refractivity contribution in [3.63, 3.8) is 0 Å². The van der Waals surface area contributed by atoms with Crippen molar-refractivity contribution in [1.29, 1.82) is 0 Å². The molecule has 0 aliphatic heterocycles. The van der Waals surface area contributed by atoms with Gasteiger partial charge >= 0.3 is 5.69 Å². The lowest BCUT2D eigenvalue weighted by molar-refractivity contribution is -0.385. The molecule has 0 bridgehead atoms. The number of benzene rings is 1. The second kappa shape index (κ2) is 6.05. The SMILES string of the molecule is O=[N+]([O-])c1cc(Cl)cc(Br)c1OCCS(=O)(=O)Cl. The number of rotatable bonds is 5. The Morgan fingerprint density at radius 3 is 2.56 bits per heavy atom. The molecular weight excluding hydrogens is 373 g/mol. The number of hydrogen-bond donors (Lipinski definition) is 0. The highest BCUT2D eigenvalue weighted by atomic mass is 79.9. The number of hydrogen-bond acceptors (Lipinski definition) is 5. The standard InChI is InChI=1S/C8H6BrCl2NO5S/c9-6-3-5(10)4-7(12(13)14)8(6)17-1-2-18(11,15)16/h3-4H,1-2H2. The van der Waals surface area contributed by atoms with Crippen LogP contribution < -0.4 is 4.74 Å². The van der Waals surface area contributed by atoms with Gasteiger partial charge < -0.3 is 4.74 Å². The van der Waals surface area contributed by atoms with Crippen LogP contribution in [-0.4, -0.2) is 25.7 Å². The molecule has 6 nitrogen and oxygen atoms in total. The van der Waals surface area contributed by atoms with E-state index in [4.69, 9.17) is 27.0 Å². The average Bonchev–Trinajstić information content (AvgIpc) is 2.18. The average molecular weight is 379 g/mol. The second-order valence-corrected chi connectivity index (χ2v) is 7.27. The van der Waals surface area contributed by atoms with E-state index in [0.717, 1.165) is 6.07 Å². The first-order valence-corrected chi connectivity index (χ1v) is 8.04. The van der Waals surface area contributed by atoms with E-state index in [9.17, 15) is 18.5 Å². The summed E-state index contributed by atoms with van der Waals surface area (Å²) in [6.45, 7) is -0.299. The van der Waals surface area contributed by atoms with Gasteiger partial charge in [0.15, 0.2) is 0 Å². The Kier molecular flexibility index (Phi) is 5.20. The largest absolute Gasteiger partial charge is 0.485 e. The fourth-order valence-corrected chi connectivity index (χ4v) is 2.45. The molecule has 0 fully saturated rings. The molecule has 1 aromatic rings. The second-order valence-electron chi connectivity index (χ2n) is 3.08. The van der Waals surface area contributed by atoms with Gasteiger partial charge in [0.2, 0.25) is 14.8 Å². The van der Waals surface area contributed by atoms with Crippen molar-refractivity contribution in [2.24, 2.45) is 0 Å². The molecule has 0 N–H and O–H groups in total. The maximum Gasteiger partial charge on any atom is 0.313 e. The van der Waals surface area contributed by atoms with Gasteiger partial charge in [-0.25, -0.2) is 8.42 Å². The predicted octanol–water partition coefficient (Wildman–Crippen LogP) is 2.96. The monoisotopic (exact) mass is 377 g/mol. The highest BCUT2D eigenvalue weighted by molar-refractivity contribution is 9.10. The first-order valence-electron chi connectivity index (χ1n) is 4.39. The van der Waals surface area contributed by atoms with Crippen molar-refractivity contribution in [3.05, 3.63) is 31.7 Å². The molecule has 0 aromatic heterocycles. The van der Waals surface area contributed by atoms with Gasteiger partial charge in [-0.05, 0) is 22.0 Å². The molecule has 18 heavy (non-hydrogen) atoms. The van der Waals surface area contributed by atoms with E-state index in [-0.39, 0.29) is 27.5 Å². The van der Waals surface area contributed by atoms with E-state index in [0.29, 0.717) is 0 Å². The highest BCUT2D eigenvalue weighted by Gasteiger charge is 2.20. The summed E-state index contributed by atoms with van der Waals surface area (Å²) in [4.78, 5) is 10.1. The van der Waals surface area contributed by atoms with Crippen LogP contribution in [0.25, 0.3) is 0 Å². The Labute approximate surface area is 121 Å². The summed E-state index contributed by atoms with van der Waals surface area (Å²) < 4.78 is 26.7. The van der Waals surface area contributed by atoms with Crippen LogP contribution in [-0.2, 0) is 9.05 Å². The van der Waals surface area contributed by atoms with Crippen LogP contribution in [0.1, 0.15) is 0 Å². The number of nitrogens with zero attached hydrogens (tertiary/aromatic N) is 1. The number of halogens is 3. The maximum absolute atomic E-state index is 10.8. The zero-order valence-corrected chi connectivity index (χ0v) is 12.5. The Morgan fingerprint density at radius 2 is 2.06 bits per heavy atom. The molecule has 0 aliphatic rings. The topological polar surface area (TPSA) is 86.5 Å². The van der Waals surface area contributed by atoms with Crippen LogP contribution in [0.5, 0.6) is 5.75 Å². The first kappa shape index (κ1) is 15.5. The number of nitro benzene ring substituents is 1. The van der Waals surface area contributed by atoms with Gasteiger partial charge in [0.25, 0.3) is 0 Å². The van der Waals surface area contributed by atoms with Crippen LogP contribution in [0.4, 0.5) is 5.69 Å². The molecule has 0 saturated heterocycles. The van der Waals surface area contributed by atoms with Crippen LogP contribution in [0, 0.1) is 10.1 Å². The van der Waals surface area contributed by atoms with Gasteiger partial charge in [0, 0.05) is 21.8 Å². The molecule has 1 aromatic carbocycles. The molecular formula is C8H6BrCl2NO5S. The van der Waals surface area contributed by atoms with Gasteiger partial charge in [-0.3, -0.25) is 10.1 Å². The summed E-state index contributed by atoms with van der Waals surface area (Å²) in [7, 11) is 1.28. The molecule has 0 spiro atoms. The minimum absolute atomic E-state index is 0.0929. The van der Waals surface area contributed by atoms with Gasteiger partial charge in [0.1, 0.15) is 6.61 Å². The molecule has 0 aliphatic carbocycles. The van der Waals surface area contributed by atoms with Gasteiger partial charge in [-0.2, -0.15) is 0 Å². The molecule has 0 amide bonds. The van der Waals surface area contributed by atoms with Gasteiger partial charge in [-0.15, -0.1) is 0 Å². The van der Waals surface area contributed by atoms with E-state index in [1.54, 1.807) is 0 Å². The van der Waals surface area contributed by atoms with Crippen LogP contribution in [0.3, 0.4) is 0 Å². The fourth-order valence-electron chi connectivity index (χ4n) is 1.07. The van der Waals surface area contributed by atoms with Crippen LogP contribution in [0.2, 0.25) is 5.02 Å². The summed E-state index contributed by atoms with van der Waals surface area (Å²) in [6.07, 6.45) is 0. The Balaban J connectivity index is 2.97. The summed E-state index contributed by atoms with van der Waals surface area (Å²) in [5.41, 5.74) is -0.360. The quantitative estimate of drug-likeness (QED) is 0.446. The molecule has 0 saturated carbocycles. The summed E-state index contributed by atoms with van der Waals surface area (Å²) in [5, 5.41) is 10.9. The molecule has 100 valence electrons. The smallest absolute Gasteiger partial charge is 0.313 e.